The number of hydrogen-bond acceptors (Lipinski definition) is 4. The number of benzene rings is 1. The quantitative estimate of drug-likeness (QED) is 0.355. The fourth-order valence-electron chi connectivity index (χ4n) is 1.25. The van der Waals surface area contributed by atoms with Gasteiger partial charge in [0.25, 0.3) is 0 Å². The molecule has 0 radical (unpaired) electrons. The highest BCUT2D eigenvalue weighted by atomic mass is 16.6. The molecule has 0 atom stereocenters. The first-order chi connectivity index (χ1) is 8.20. The standard InChI is InChI=1S/C14H16O4/c1-9-5-7-10(8-6-9)11(15)12(16)13(17)18-14(2,3)4/h5-8H,1-4H3. The number of carbonyl (C=O) groups is 3. The Morgan fingerprint density at radius 3 is 1.94 bits per heavy atom. The maximum Gasteiger partial charge on any atom is 0.383 e. The van der Waals surface area contributed by atoms with Gasteiger partial charge in [0.1, 0.15) is 5.60 Å². The maximum absolute atomic E-state index is 11.7. The number of ketones is 2. The summed E-state index contributed by atoms with van der Waals surface area (Å²) in [6, 6.07) is 6.44. The molecule has 0 amide bonds. The van der Waals surface area contributed by atoms with Gasteiger partial charge in [-0.2, -0.15) is 0 Å². The maximum atomic E-state index is 11.7. The summed E-state index contributed by atoms with van der Waals surface area (Å²) in [5.41, 5.74) is 0.369. The van der Waals surface area contributed by atoms with Crippen molar-refractivity contribution in [3.63, 3.8) is 0 Å². The molecule has 4 nitrogen and oxygen atoms in total. The van der Waals surface area contributed by atoms with Crippen LogP contribution in [0.15, 0.2) is 24.3 Å². The van der Waals surface area contributed by atoms with E-state index in [-0.39, 0.29) is 5.56 Å². The topological polar surface area (TPSA) is 60.4 Å². The first-order valence-corrected chi connectivity index (χ1v) is 5.59. The number of ether oxygens (including phenoxy) is 1. The molecule has 0 N–H and O–H groups in total. The molecule has 0 heterocycles. The third kappa shape index (κ3) is 3.80. The summed E-state index contributed by atoms with van der Waals surface area (Å²) in [7, 11) is 0. The molecule has 0 saturated carbocycles. The van der Waals surface area contributed by atoms with Gasteiger partial charge in [0.2, 0.25) is 5.78 Å². The second kappa shape index (κ2) is 5.12. The zero-order valence-electron chi connectivity index (χ0n) is 10.9. The molecular weight excluding hydrogens is 232 g/mol. The second-order valence-corrected chi connectivity index (χ2v) is 5.03. The van der Waals surface area contributed by atoms with Crippen LogP contribution < -0.4 is 0 Å². The Balaban J connectivity index is 2.82. The Morgan fingerprint density at radius 1 is 1.00 bits per heavy atom. The van der Waals surface area contributed by atoms with Crippen molar-refractivity contribution < 1.29 is 19.1 Å². The third-order valence-corrected chi connectivity index (χ3v) is 2.10. The number of esters is 1. The normalized spacial score (nSPS) is 10.9. The second-order valence-electron chi connectivity index (χ2n) is 5.03. The Morgan fingerprint density at radius 2 is 1.50 bits per heavy atom. The van der Waals surface area contributed by atoms with Gasteiger partial charge in [0, 0.05) is 5.56 Å². The molecule has 4 heteroatoms. The molecule has 0 aliphatic heterocycles. The Kier molecular flexibility index (Phi) is 4.01. The summed E-state index contributed by atoms with van der Waals surface area (Å²) in [4.78, 5) is 34.8. The number of rotatable bonds is 3. The van der Waals surface area contributed by atoms with Crippen LogP contribution in [-0.2, 0) is 14.3 Å². The number of aryl methyl sites for hydroxylation is 1. The van der Waals surface area contributed by atoms with Crippen LogP contribution in [0.3, 0.4) is 0 Å². The number of carbonyl (C=O) groups excluding carboxylic acids is 3. The minimum Gasteiger partial charge on any atom is -0.454 e. The molecule has 1 rings (SSSR count). The van der Waals surface area contributed by atoms with Crippen molar-refractivity contribution >= 4 is 17.5 Å². The van der Waals surface area contributed by atoms with Gasteiger partial charge in [-0.15, -0.1) is 0 Å². The van der Waals surface area contributed by atoms with E-state index < -0.39 is 23.1 Å². The molecule has 1 aromatic carbocycles. The van der Waals surface area contributed by atoms with E-state index in [0.29, 0.717) is 0 Å². The summed E-state index contributed by atoms with van der Waals surface area (Å²) in [5, 5.41) is 0. The minimum absolute atomic E-state index is 0.191. The van der Waals surface area contributed by atoms with Gasteiger partial charge in [-0.25, -0.2) is 4.79 Å². The van der Waals surface area contributed by atoms with Gasteiger partial charge >= 0.3 is 11.8 Å². The van der Waals surface area contributed by atoms with Gasteiger partial charge in [0.05, 0.1) is 0 Å². The van der Waals surface area contributed by atoms with E-state index in [0.717, 1.165) is 5.56 Å². The molecule has 0 saturated heterocycles. The zero-order valence-corrected chi connectivity index (χ0v) is 10.9. The highest BCUT2D eigenvalue weighted by Gasteiger charge is 2.29. The summed E-state index contributed by atoms with van der Waals surface area (Å²) < 4.78 is 4.86. The first kappa shape index (κ1) is 14.1. The molecule has 0 fully saturated rings. The molecule has 18 heavy (non-hydrogen) atoms. The molecule has 1 aromatic rings. The largest absolute Gasteiger partial charge is 0.454 e. The Bertz CT molecular complexity index is 478. The van der Waals surface area contributed by atoms with Crippen molar-refractivity contribution in [3.05, 3.63) is 35.4 Å². The van der Waals surface area contributed by atoms with Crippen LogP contribution in [0, 0.1) is 6.92 Å². The minimum atomic E-state index is -1.14. The lowest BCUT2D eigenvalue weighted by Gasteiger charge is -2.18. The van der Waals surface area contributed by atoms with E-state index >= 15 is 0 Å². The fourth-order valence-corrected chi connectivity index (χ4v) is 1.25. The molecule has 96 valence electrons. The molecule has 0 unspecified atom stereocenters. The highest BCUT2D eigenvalue weighted by Crippen LogP contribution is 2.09. The number of Topliss-reactive ketones (excluding diaryl/α,β-unsaturated/α-hetero) is 2. The lowest BCUT2D eigenvalue weighted by Crippen LogP contribution is -2.33. The summed E-state index contributed by atoms with van der Waals surface area (Å²) in [5.74, 6) is -3.11. The molecule has 0 aromatic heterocycles. The summed E-state index contributed by atoms with van der Waals surface area (Å²) >= 11 is 0. The average Bonchev–Trinajstić information content (AvgIpc) is 2.26. The van der Waals surface area contributed by atoms with Gasteiger partial charge in [-0.1, -0.05) is 29.8 Å². The molecule has 0 bridgehead atoms. The van der Waals surface area contributed by atoms with Crippen molar-refractivity contribution in [1.82, 2.24) is 0 Å². The lowest BCUT2D eigenvalue weighted by molar-refractivity contribution is -0.160. The van der Waals surface area contributed by atoms with Crippen LogP contribution in [-0.4, -0.2) is 23.1 Å². The summed E-state index contributed by atoms with van der Waals surface area (Å²) in [6.07, 6.45) is 0. The Labute approximate surface area is 106 Å². The highest BCUT2D eigenvalue weighted by molar-refractivity contribution is 6.65. The van der Waals surface area contributed by atoms with Crippen LogP contribution in [0.5, 0.6) is 0 Å². The first-order valence-electron chi connectivity index (χ1n) is 5.59. The van der Waals surface area contributed by atoms with Crippen LogP contribution in [0.25, 0.3) is 0 Å². The van der Waals surface area contributed by atoms with Crippen LogP contribution in [0.1, 0.15) is 36.7 Å². The Hall–Kier alpha value is -1.97. The van der Waals surface area contributed by atoms with E-state index in [9.17, 15) is 14.4 Å². The zero-order chi connectivity index (χ0) is 13.9. The van der Waals surface area contributed by atoms with E-state index in [4.69, 9.17) is 4.74 Å². The van der Waals surface area contributed by atoms with E-state index in [1.54, 1.807) is 32.9 Å². The van der Waals surface area contributed by atoms with Crippen molar-refractivity contribution in [2.45, 2.75) is 33.3 Å². The van der Waals surface area contributed by atoms with Crippen molar-refractivity contribution in [2.75, 3.05) is 0 Å². The van der Waals surface area contributed by atoms with Crippen molar-refractivity contribution in [3.8, 4) is 0 Å². The van der Waals surface area contributed by atoms with Gasteiger partial charge in [-0.3, -0.25) is 9.59 Å². The smallest absolute Gasteiger partial charge is 0.383 e. The van der Waals surface area contributed by atoms with Gasteiger partial charge in [-0.05, 0) is 27.7 Å². The summed E-state index contributed by atoms with van der Waals surface area (Å²) in [6.45, 7) is 6.77. The average molecular weight is 248 g/mol. The monoisotopic (exact) mass is 248 g/mol. The SMILES string of the molecule is Cc1ccc(C(=O)C(=O)C(=O)OC(C)(C)C)cc1. The third-order valence-electron chi connectivity index (χ3n) is 2.10. The van der Waals surface area contributed by atoms with Crippen LogP contribution in [0.4, 0.5) is 0 Å². The van der Waals surface area contributed by atoms with E-state index in [1.807, 2.05) is 6.92 Å². The van der Waals surface area contributed by atoms with Crippen molar-refractivity contribution in [2.24, 2.45) is 0 Å². The van der Waals surface area contributed by atoms with Crippen LogP contribution in [0.2, 0.25) is 0 Å². The predicted octanol–water partition coefficient (Wildman–Crippen LogP) is 2.09. The van der Waals surface area contributed by atoms with E-state index in [1.165, 1.54) is 12.1 Å². The van der Waals surface area contributed by atoms with Crippen LogP contribution >= 0.6 is 0 Å². The number of hydrogen-bond donors (Lipinski definition) is 0. The molecular formula is C14H16O4. The fraction of sp³-hybridized carbons (Fsp3) is 0.357. The molecule has 0 aliphatic rings. The van der Waals surface area contributed by atoms with Gasteiger partial charge in [0.15, 0.2) is 0 Å². The van der Waals surface area contributed by atoms with E-state index in [2.05, 4.69) is 0 Å². The predicted molar refractivity (Wildman–Crippen MR) is 66.4 cm³/mol. The molecule has 0 aliphatic carbocycles. The van der Waals surface area contributed by atoms with Gasteiger partial charge < -0.3 is 4.74 Å². The van der Waals surface area contributed by atoms with Crippen molar-refractivity contribution in [1.29, 1.82) is 0 Å². The lowest BCUT2D eigenvalue weighted by atomic mass is 10.1. The molecule has 0 spiro atoms.